The number of hydrogen-bond donors (Lipinski definition) is 0. The van der Waals surface area contributed by atoms with Gasteiger partial charge in [0.2, 0.25) is 0 Å². The maximum atomic E-state index is 3.42. The first-order valence-corrected chi connectivity index (χ1v) is 8.58. The summed E-state index contributed by atoms with van der Waals surface area (Å²) in [6, 6.07) is 0. The topological polar surface area (TPSA) is 0 Å². The fourth-order valence-corrected chi connectivity index (χ4v) is 3.01. The van der Waals surface area contributed by atoms with Gasteiger partial charge in [-0.25, -0.2) is 0 Å². The van der Waals surface area contributed by atoms with Gasteiger partial charge in [-0.3, -0.25) is 0 Å². The van der Waals surface area contributed by atoms with Gasteiger partial charge in [0.1, 0.15) is 0 Å². The third-order valence-electron chi connectivity index (χ3n) is 2.10. The SMILES string of the molecule is CCCC#CC(CC)[Si](C)(C)C. The molecule has 0 aliphatic heterocycles. The molecule has 0 heterocycles. The van der Waals surface area contributed by atoms with E-state index in [1.54, 1.807) is 0 Å². The minimum atomic E-state index is -1.01. The molecule has 0 spiro atoms. The van der Waals surface area contributed by atoms with Crippen molar-refractivity contribution >= 4 is 8.07 Å². The van der Waals surface area contributed by atoms with Crippen LogP contribution in [0.15, 0.2) is 0 Å². The van der Waals surface area contributed by atoms with Gasteiger partial charge in [0, 0.05) is 12.0 Å². The standard InChI is InChI=1S/C11H22Si/c1-6-8-9-10-11(7-2)12(3,4)5/h11H,6-8H2,1-5H3. The Labute approximate surface area is 78.8 Å². The van der Waals surface area contributed by atoms with Gasteiger partial charge in [0.15, 0.2) is 0 Å². The van der Waals surface area contributed by atoms with Crippen molar-refractivity contribution in [2.75, 3.05) is 0 Å². The Balaban J connectivity index is 4.11. The molecule has 1 unspecified atom stereocenters. The minimum absolute atomic E-state index is 0.698. The molecule has 12 heavy (non-hydrogen) atoms. The smallest absolute Gasteiger partial charge is 0.0612 e. The van der Waals surface area contributed by atoms with E-state index in [1.807, 2.05) is 0 Å². The summed E-state index contributed by atoms with van der Waals surface area (Å²) in [6.45, 7) is 11.7. The van der Waals surface area contributed by atoms with Gasteiger partial charge in [-0.15, -0.1) is 11.8 Å². The van der Waals surface area contributed by atoms with Crippen LogP contribution in [0.2, 0.25) is 25.2 Å². The highest BCUT2D eigenvalue weighted by molar-refractivity contribution is 6.78. The van der Waals surface area contributed by atoms with Crippen molar-refractivity contribution in [2.24, 2.45) is 0 Å². The molecule has 0 rings (SSSR count). The second kappa shape index (κ2) is 5.43. The van der Waals surface area contributed by atoms with Crippen LogP contribution in [-0.2, 0) is 0 Å². The molecule has 0 aromatic carbocycles. The van der Waals surface area contributed by atoms with E-state index in [0.29, 0.717) is 5.54 Å². The summed E-state index contributed by atoms with van der Waals surface area (Å²) >= 11 is 0. The molecule has 1 heteroatoms. The predicted molar refractivity (Wildman–Crippen MR) is 60.1 cm³/mol. The van der Waals surface area contributed by atoms with Crippen LogP contribution in [0.5, 0.6) is 0 Å². The van der Waals surface area contributed by atoms with Gasteiger partial charge in [-0.05, 0) is 12.8 Å². The molecular weight excluding hydrogens is 160 g/mol. The van der Waals surface area contributed by atoms with Crippen molar-refractivity contribution in [1.29, 1.82) is 0 Å². The van der Waals surface area contributed by atoms with Crippen molar-refractivity contribution in [2.45, 2.75) is 58.3 Å². The van der Waals surface area contributed by atoms with E-state index in [2.05, 4.69) is 45.3 Å². The molecule has 0 aliphatic rings. The summed E-state index contributed by atoms with van der Waals surface area (Å²) in [4.78, 5) is 0. The Morgan fingerprint density at radius 3 is 2.08 bits per heavy atom. The second-order valence-corrected chi connectivity index (χ2v) is 9.83. The molecule has 0 bridgehead atoms. The van der Waals surface area contributed by atoms with Crippen LogP contribution in [-0.4, -0.2) is 8.07 Å². The van der Waals surface area contributed by atoms with E-state index in [9.17, 15) is 0 Å². The lowest BCUT2D eigenvalue weighted by Crippen LogP contribution is -2.26. The van der Waals surface area contributed by atoms with Crippen LogP contribution in [0.1, 0.15) is 33.1 Å². The number of rotatable bonds is 3. The molecule has 0 aromatic heterocycles. The second-order valence-electron chi connectivity index (χ2n) is 4.40. The minimum Gasteiger partial charge on any atom is -0.103 e. The zero-order valence-corrected chi connectivity index (χ0v) is 10.2. The monoisotopic (exact) mass is 182 g/mol. The van der Waals surface area contributed by atoms with E-state index in [4.69, 9.17) is 0 Å². The maximum absolute atomic E-state index is 3.42. The van der Waals surface area contributed by atoms with Crippen molar-refractivity contribution < 1.29 is 0 Å². The molecule has 0 aliphatic carbocycles. The molecule has 0 saturated heterocycles. The van der Waals surface area contributed by atoms with Gasteiger partial charge in [-0.1, -0.05) is 33.5 Å². The summed E-state index contributed by atoms with van der Waals surface area (Å²) in [6.07, 6.45) is 3.49. The summed E-state index contributed by atoms with van der Waals surface area (Å²) in [5, 5.41) is 0. The van der Waals surface area contributed by atoms with E-state index in [1.165, 1.54) is 12.8 Å². The van der Waals surface area contributed by atoms with Gasteiger partial charge in [-0.2, -0.15) is 0 Å². The Kier molecular flexibility index (Phi) is 5.33. The molecule has 0 radical (unpaired) electrons. The molecular formula is C11H22Si. The number of unbranched alkanes of at least 4 members (excludes halogenated alkanes) is 1. The lowest BCUT2D eigenvalue weighted by Gasteiger charge is -2.22. The summed E-state index contributed by atoms with van der Waals surface area (Å²) in [5.41, 5.74) is 0.698. The Morgan fingerprint density at radius 1 is 1.17 bits per heavy atom. The van der Waals surface area contributed by atoms with Crippen LogP contribution in [0.25, 0.3) is 0 Å². The lowest BCUT2D eigenvalue weighted by atomic mass is 10.3. The van der Waals surface area contributed by atoms with E-state index < -0.39 is 8.07 Å². The van der Waals surface area contributed by atoms with Crippen LogP contribution in [0, 0.1) is 11.8 Å². The molecule has 0 nitrogen and oxygen atoms in total. The Hall–Kier alpha value is -0.223. The predicted octanol–water partition coefficient (Wildman–Crippen LogP) is 3.91. The van der Waals surface area contributed by atoms with Crippen LogP contribution in [0.3, 0.4) is 0 Å². The highest BCUT2D eigenvalue weighted by Crippen LogP contribution is 2.23. The molecule has 70 valence electrons. The molecule has 0 N–H and O–H groups in total. The van der Waals surface area contributed by atoms with E-state index in [0.717, 1.165) is 6.42 Å². The zero-order chi connectivity index (χ0) is 9.61. The third-order valence-corrected chi connectivity index (χ3v) is 4.75. The van der Waals surface area contributed by atoms with Crippen LogP contribution in [0.4, 0.5) is 0 Å². The van der Waals surface area contributed by atoms with Gasteiger partial charge in [0.05, 0.1) is 8.07 Å². The van der Waals surface area contributed by atoms with Gasteiger partial charge < -0.3 is 0 Å². The van der Waals surface area contributed by atoms with Gasteiger partial charge >= 0.3 is 0 Å². The molecule has 0 fully saturated rings. The fourth-order valence-electron chi connectivity index (χ4n) is 1.25. The van der Waals surface area contributed by atoms with E-state index in [-0.39, 0.29) is 0 Å². The quantitative estimate of drug-likeness (QED) is 0.458. The fraction of sp³-hybridized carbons (Fsp3) is 0.818. The number of hydrogen-bond acceptors (Lipinski definition) is 0. The largest absolute Gasteiger partial charge is 0.103 e. The van der Waals surface area contributed by atoms with Crippen LogP contribution < -0.4 is 0 Å². The van der Waals surface area contributed by atoms with Crippen molar-refractivity contribution in [3.05, 3.63) is 0 Å². The summed E-state index contributed by atoms with van der Waals surface area (Å²) in [7, 11) is -1.01. The van der Waals surface area contributed by atoms with Gasteiger partial charge in [0.25, 0.3) is 0 Å². The average molecular weight is 182 g/mol. The van der Waals surface area contributed by atoms with Crippen molar-refractivity contribution in [3.63, 3.8) is 0 Å². The normalized spacial score (nSPS) is 13.4. The Morgan fingerprint density at radius 2 is 1.75 bits per heavy atom. The maximum Gasteiger partial charge on any atom is 0.0612 e. The first-order valence-electron chi connectivity index (χ1n) is 5.00. The molecule has 1 atom stereocenters. The third kappa shape index (κ3) is 4.61. The first kappa shape index (κ1) is 11.8. The zero-order valence-electron chi connectivity index (χ0n) is 9.20. The molecule has 0 aromatic rings. The van der Waals surface area contributed by atoms with Crippen molar-refractivity contribution in [3.8, 4) is 11.8 Å². The average Bonchev–Trinajstić information content (AvgIpc) is 1.95. The molecule has 0 saturated carbocycles. The highest BCUT2D eigenvalue weighted by Gasteiger charge is 2.22. The van der Waals surface area contributed by atoms with E-state index >= 15 is 0 Å². The Bertz CT molecular complexity index is 166. The highest BCUT2D eigenvalue weighted by atomic mass is 28.3. The molecule has 0 amide bonds. The first-order chi connectivity index (χ1) is 5.52. The van der Waals surface area contributed by atoms with Crippen LogP contribution >= 0.6 is 0 Å². The lowest BCUT2D eigenvalue weighted by molar-refractivity contribution is 0.929. The van der Waals surface area contributed by atoms with Crippen molar-refractivity contribution in [1.82, 2.24) is 0 Å². The summed E-state index contributed by atoms with van der Waals surface area (Å²) in [5.74, 6) is 6.70. The summed E-state index contributed by atoms with van der Waals surface area (Å²) < 4.78 is 0.